The zero-order valence-electron chi connectivity index (χ0n) is 22.3. The lowest BCUT2D eigenvalue weighted by molar-refractivity contribution is -0.185. The number of ether oxygens (including phenoxy) is 3. The summed E-state index contributed by atoms with van der Waals surface area (Å²) in [5, 5.41) is 0. The molecule has 2 unspecified atom stereocenters. The number of benzene rings is 2. The summed E-state index contributed by atoms with van der Waals surface area (Å²) < 4.78 is 17.7. The summed E-state index contributed by atoms with van der Waals surface area (Å²) >= 11 is 0. The van der Waals surface area contributed by atoms with Crippen molar-refractivity contribution in [1.82, 2.24) is 0 Å². The van der Waals surface area contributed by atoms with Gasteiger partial charge in [-0.1, -0.05) is 88.3 Å². The fraction of sp³-hybridized carbons (Fsp3) is 0.625. The molecule has 194 valence electrons. The third-order valence-corrected chi connectivity index (χ3v) is 7.01. The summed E-state index contributed by atoms with van der Waals surface area (Å²) in [7, 11) is 0. The van der Waals surface area contributed by atoms with Crippen LogP contribution in [0.3, 0.4) is 0 Å². The molecule has 0 saturated carbocycles. The van der Waals surface area contributed by atoms with Gasteiger partial charge >= 0.3 is 0 Å². The van der Waals surface area contributed by atoms with Gasteiger partial charge in [0.25, 0.3) is 0 Å². The Morgan fingerprint density at radius 3 is 2.11 bits per heavy atom. The van der Waals surface area contributed by atoms with Crippen LogP contribution in [0.5, 0.6) is 5.75 Å². The van der Waals surface area contributed by atoms with E-state index in [-0.39, 0.29) is 12.4 Å². The minimum absolute atomic E-state index is 0.0138. The molecule has 0 spiro atoms. The molecule has 1 aliphatic heterocycles. The summed E-state index contributed by atoms with van der Waals surface area (Å²) in [4.78, 5) is 0. The van der Waals surface area contributed by atoms with E-state index in [0.717, 1.165) is 51.1 Å². The van der Waals surface area contributed by atoms with Crippen molar-refractivity contribution in [3.63, 3.8) is 0 Å². The number of aryl methyl sites for hydroxylation is 1. The molecule has 3 nitrogen and oxygen atoms in total. The first-order valence-corrected chi connectivity index (χ1v) is 14.3. The molecule has 1 fully saturated rings. The molecule has 1 aliphatic rings. The molecule has 2 aromatic carbocycles. The van der Waals surface area contributed by atoms with Gasteiger partial charge in [-0.05, 0) is 80.7 Å². The van der Waals surface area contributed by atoms with Crippen molar-refractivity contribution in [3.05, 3.63) is 54.1 Å². The molecule has 0 aliphatic carbocycles. The topological polar surface area (TPSA) is 27.7 Å². The Labute approximate surface area is 214 Å². The summed E-state index contributed by atoms with van der Waals surface area (Å²) in [6.45, 7) is 6.11. The minimum atomic E-state index is 0.0138. The summed E-state index contributed by atoms with van der Waals surface area (Å²) in [6.07, 6.45) is 17.6. The zero-order chi connectivity index (χ0) is 24.6. The van der Waals surface area contributed by atoms with E-state index in [4.69, 9.17) is 14.2 Å². The van der Waals surface area contributed by atoms with Crippen LogP contribution in [0.2, 0.25) is 0 Å². The van der Waals surface area contributed by atoms with Crippen molar-refractivity contribution in [1.29, 1.82) is 0 Å². The SMILES string of the molecule is CCCCCCCCCCOc1ccc(-c2ccc(CCCC(C)OC3CCCCO3)cc2)cc1. The Kier molecular flexibility index (Phi) is 13.3. The average molecular weight is 481 g/mol. The van der Waals surface area contributed by atoms with Crippen molar-refractivity contribution >= 4 is 0 Å². The normalized spacial score (nSPS) is 16.8. The van der Waals surface area contributed by atoms with Gasteiger partial charge in [-0.2, -0.15) is 0 Å². The van der Waals surface area contributed by atoms with E-state index < -0.39 is 0 Å². The third-order valence-electron chi connectivity index (χ3n) is 7.01. The largest absolute Gasteiger partial charge is 0.494 e. The molecule has 2 aromatic rings. The zero-order valence-corrected chi connectivity index (χ0v) is 22.3. The van der Waals surface area contributed by atoms with Gasteiger partial charge in [-0.3, -0.25) is 0 Å². The molecule has 0 bridgehead atoms. The Hall–Kier alpha value is -1.84. The predicted octanol–water partition coefficient (Wildman–Crippen LogP) is 9.13. The molecular formula is C32H48O3. The highest BCUT2D eigenvalue weighted by Crippen LogP contribution is 2.24. The van der Waals surface area contributed by atoms with Crippen LogP contribution in [-0.4, -0.2) is 25.6 Å². The van der Waals surface area contributed by atoms with E-state index in [0.29, 0.717) is 0 Å². The van der Waals surface area contributed by atoms with Crippen LogP contribution < -0.4 is 4.74 Å². The first-order valence-electron chi connectivity index (χ1n) is 14.3. The summed E-state index contributed by atoms with van der Waals surface area (Å²) in [5.41, 5.74) is 3.89. The summed E-state index contributed by atoms with van der Waals surface area (Å²) in [5.74, 6) is 0.975. The van der Waals surface area contributed by atoms with Crippen molar-refractivity contribution < 1.29 is 14.2 Å². The van der Waals surface area contributed by atoms with E-state index in [1.54, 1.807) is 0 Å². The second-order valence-corrected chi connectivity index (χ2v) is 10.2. The quantitative estimate of drug-likeness (QED) is 0.211. The van der Waals surface area contributed by atoms with Crippen molar-refractivity contribution in [3.8, 4) is 16.9 Å². The van der Waals surface area contributed by atoms with Crippen LogP contribution >= 0.6 is 0 Å². The molecule has 1 heterocycles. The molecule has 0 N–H and O–H groups in total. The van der Waals surface area contributed by atoms with Crippen LogP contribution in [0.1, 0.15) is 103 Å². The van der Waals surface area contributed by atoms with E-state index in [1.807, 2.05) is 0 Å². The Bertz CT molecular complexity index is 777. The van der Waals surface area contributed by atoms with E-state index in [9.17, 15) is 0 Å². The van der Waals surface area contributed by atoms with Gasteiger partial charge in [0.1, 0.15) is 5.75 Å². The van der Waals surface area contributed by atoms with Crippen LogP contribution in [-0.2, 0) is 15.9 Å². The Morgan fingerprint density at radius 1 is 0.800 bits per heavy atom. The molecule has 0 aromatic heterocycles. The minimum Gasteiger partial charge on any atom is -0.494 e. The van der Waals surface area contributed by atoms with E-state index >= 15 is 0 Å². The van der Waals surface area contributed by atoms with Crippen molar-refractivity contribution in [2.75, 3.05) is 13.2 Å². The van der Waals surface area contributed by atoms with Crippen molar-refractivity contribution in [2.45, 2.75) is 116 Å². The lowest BCUT2D eigenvalue weighted by Crippen LogP contribution is -2.26. The second-order valence-electron chi connectivity index (χ2n) is 10.2. The maximum absolute atomic E-state index is 6.04. The Balaban J connectivity index is 1.30. The fourth-order valence-electron chi connectivity index (χ4n) is 4.77. The van der Waals surface area contributed by atoms with Crippen molar-refractivity contribution in [2.24, 2.45) is 0 Å². The molecule has 35 heavy (non-hydrogen) atoms. The molecular weight excluding hydrogens is 432 g/mol. The van der Waals surface area contributed by atoms with Gasteiger partial charge in [0.05, 0.1) is 12.7 Å². The monoisotopic (exact) mass is 480 g/mol. The molecule has 3 rings (SSSR count). The van der Waals surface area contributed by atoms with Crippen LogP contribution in [0, 0.1) is 0 Å². The van der Waals surface area contributed by atoms with Gasteiger partial charge in [-0.25, -0.2) is 0 Å². The van der Waals surface area contributed by atoms with Gasteiger partial charge in [0, 0.05) is 6.61 Å². The van der Waals surface area contributed by atoms with Gasteiger partial charge < -0.3 is 14.2 Å². The van der Waals surface area contributed by atoms with Crippen LogP contribution in [0.25, 0.3) is 11.1 Å². The van der Waals surface area contributed by atoms with E-state index in [2.05, 4.69) is 62.4 Å². The molecule has 0 amide bonds. The highest BCUT2D eigenvalue weighted by atomic mass is 16.7. The van der Waals surface area contributed by atoms with Gasteiger partial charge in [-0.15, -0.1) is 0 Å². The first kappa shape index (κ1) is 27.7. The highest BCUT2D eigenvalue weighted by molar-refractivity contribution is 5.64. The van der Waals surface area contributed by atoms with Crippen LogP contribution in [0.4, 0.5) is 0 Å². The van der Waals surface area contributed by atoms with E-state index in [1.165, 1.54) is 74.5 Å². The number of rotatable bonds is 17. The number of unbranched alkanes of at least 4 members (excludes halogenated alkanes) is 7. The van der Waals surface area contributed by atoms with Crippen LogP contribution in [0.15, 0.2) is 48.5 Å². The Morgan fingerprint density at radius 2 is 1.46 bits per heavy atom. The number of hydrogen-bond donors (Lipinski definition) is 0. The smallest absolute Gasteiger partial charge is 0.157 e. The standard InChI is InChI=1S/C32H48O3/c1-3-4-5-6-7-8-9-11-25-33-31-23-21-30(22-24-31)29-19-17-28(18-20-29)15-13-14-27(2)35-32-16-10-12-26-34-32/h17-24,27,32H,3-16,25-26H2,1-2H3. The highest BCUT2D eigenvalue weighted by Gasteiger charge is 2.16. The van der Waals surface area contributed by atoms with Gasteiger partial charge in [0.15, 0.2) is 6.29 Å². The lowest BCUT2D eigenvalue weighted by atomic mass is 10.0. The van der Waals surface area contributed by atoms with Gasteiger partial charge in [0.2, 0.25) is 0 Å². The number of hydrogen-bond acceptors (Lipinski definition) is 3. The molecule has 2 atom stereocenters. The summed E-state index contributed by atoms with van der Waals surface area (Å²) in [6, 6.07) is 17.5. The molecule has 1 saturated heterocycles. The second kappa shape index (κ2) is 16.8. The lowest BCUT2D eigenvalue weighted by Gasteiger charge is -2.26. The molecule has 3 heteroatoms. The maximum atomic E-state index is 6.04. The third kappa shape index (κ3) is 11.2. The maximum Gasteiger partial charge on any atom is 0.157 e. The average Bonchev–Trinajstić information content (AvgIpc) is 2.89. The molecule has 0 radical (unpaired) electrons. The fourth-order valence-corrected chi connectivity index (χ4v) is 4.77. The first-order chi connectivity index (χ1) is 17.2. The predicted molar refractivity (Wildman–Crippen MR) is 147 cm³/mol.